The molecule has 70 heavy (non-hydrogen) atoms. The molecule has 32 heteroatoms. The quantitative estimate of drug-likeness (QED) is 0.0789. The molecule has 375 valence electrons. The second kappa shape index (κ2) is 39.3. The van der Waals surface area contributed by atoms with E-state index in [4.69, 9.17) is 63.3 Å². The predicted octanol–water partition coefficient (Wildman–Crippen LogP) is -9.22. The summed E-state index contributed by atoms with van der Waals surface area (Å²) in [6, 6.07) is 30.7. The average molecular weight is 1080 g/mol. The number of carbonyl (C=O) groups is 4. The van der Waals surface area contributed by atoms with Crippen LogP contribution in [0.2, 0.25) is 0 Å². The molecule has 0 aliphatic heterocycles. The van der Waals surface area contributed by atoms with Gasteiger partial charge in [0.2, 0.25) is 0 Å². The minimum absolute atomic E-state index is 0. The average Bonchev–Trinajstić information content (AvgIpc) is 4.14. The monoisotopic (exact) mass is 1080 g/mol. The predicted molar refractivity (Wildman–Crippen MR) is 214 cm³/mol. The van der Waals surface area contributed by atoms with Crippen LogP contribution >= 0.6 is 0 Å². The normalized spacial score (nSPS) is 8.83. The van der Waals surface area contributed by atoms with Crippen LogP contribution in [0.25, 0.3) is 56.9 Å². The van der Waals surface area contributed by atoms with Crippen molar-refractivity contribution >= 4 is 23.9 Å². The number of aromatic nitrogens is 12. The minimum Gasteiger partial charge on any atom is -0.543 e. The first kappa shape index (κ1) is 71.3. The van der Waals surface area contributed by atoms with E-state index in [0.717, 1.165) is 56.9 Å². The molecule has 0 atom stereocenters. The Balaban J connectivity index is -0.000000247. The van der Waals surface area contributed by atoms with Crippen LogP contribution in [-0.4, -0.2) is 118 Å². The van der Waals surface area contributed by atoms with Crippen molar-refractivity contribution < 1.29 is 130 Å². The zero-order chi connectivity index (χ0) is 47.3. The molecule has 13 N–H and O–H groups in total. The first-order chi connectivity index (χ1) is 30.5. The molecule has 0 aromatic carbocycles. The number of aliphatic hydroxyl groups excluding tert-OH is 1. The number of carboxylic acids is 4. The van der Waals surface area contributed by atoms with Crippen molar-refractivity contribution in [2.75, 3.05) is 6.61 Å². The number of H-pyrrole nitrogens is 4. The number of aliphatic hydroxyl groups is 1. The van der Waals surface area contributed by atoms with Crippen molar-refractivity contribution in [3.63, 3.8) is 0 Å². The molecule has 0 spiro atoms. The molecule has 1 radical (unpaired) electrons. The molecule has 0 saturated heterocycles. The molecule has 8 aromatic rings. The summed E-state index contributed by atoms with van der Waals surface area (Å²) in [5, 5.41) is 70.7. The van der Waals surface area contributed by atoms with Crippen molar-refractivity contribution in [2.24, 2.45) is 0 Å². The maximum Gasteiger partial charge on any atom is 3.00 e. The van der Waals surface area contributed by atoms with E-state index in [2.05, 4.69) is 60.7 Å². The first-order valence-corrected chi connectivity index (χ1v) is 18.6. The first-order valence-electron chi connectivity index (χ1n) is 17.4. The van der Waals surface area contributed by atoms with Crippen LogP contribution in [0.5, 0.6) is 0 Å². The van der Waals surface area contributed by atoms with Gasteiger partial charge in [0.05, 0.1) is 58.0 Å². The van der Waals surface area contributed by atoms with Gasteiger partial charge in [-0.15, -0.1) is 10.2 Å². The van der Waals surface area contributed by atoms with Crippen molar-refractivity contribution in [1.82, 2.24) is 60.7 Å². The number of pyridine rings is 4. The van der Waals surface area contributed by atoms with Gasteiger partial charge >= 0.3 is 34.4 Å². The number of aliphatic carboxylic acids is 4. The summed E-state index contributed by atoms with van der Waals surface area (Å²) in [6.07, 6.45) is 10.6. The fraction of sp³-hybridized carbons (Fsp3) is 0.0526. The van der Waals surface area contributed by atoms with Crippen molar-refractivity contribution in [2.45, 2.75) is 6.92 Å². The summed E-state index contributed by atoms with van der Waals surface area (Å²) in [7, 11) is -4.94. The largest absolute Gasteiger partial charge is 3.00 e. The van der Waals surface area contributed by atoms with Gasteiger partial charge in [-0.2, -0.15) is 20.4 Å². The van der Waals surface area contributed by atoms with Crippen LogP contribution in [0.3, 0.4) is 0 Å². The van der Waals surface area contributed by atoms with Crippen molar-refractivity contribution in [3.8, 4) is 56.9 Å². The molecular weight excluding hydrogens is 1040 g/mol. The Hall–Kier alpha value is -7.70. The van der Waals surface area contributed by atoms with E-state index in [-0.39, 0.29) is 62.9 Å². The number of hydrogen-bond donors (Lipinski definition) is 5. The molecule has 29 nitrogen and oxygen atoms in total. The number of carboxylic acid groups (broad SMARTS) is 4. The Labute approximate surface area is 417 Å². The van der Waals surface area contributed by atoms with E-state index in [1.165, 1.54) is 0 Å². The summed E-state index contributed by atoms with van der Waals surface area (Å²) in [6.45, 7) is 1.93. The molecular formula is C38H40ClCrFeN12O17. The number of nitrogens with zero attached hydrogens (tertiary/aromatic N) is 8. The fourth-order valence-electron chi connectivity index (χ4n) is 4.08. The molecule has 8 heterocycles. The minimum atomic E-state index is -4.94. The molecule has 0 aliphatic carbocycles. The summed E-state index contributed by atoms with van der Waals surface area (Å²) >= 11 is 0. The Morgan fingerprint density at radius 1 is 0.443 bits per heavy atom. The van der Waals surface area contributed by atoms with Gasteiger partial charge in [-0.3, -0.25) is 30.4 Å². The second-order valence-corrected chi connectivity index (χ2v) is 11.7. The molecule has 0 bridgehead atoms. The Bertz CT molecular complexity index is 2240. The van der Waals surface area contributed by atoms with Crippen molar-refractivity contribution in [1.29, 1.82) is 0 Å². The third-order valence-electron chi connectivity index (χ3n) is 6.48. The summed E-state index contributed by atoms with van der Waals surface area (Å²) in [5.74, 6) is -8.74. The standard InChI is InChI=1S/2C11H9N5.C10H8N2.2C2H2O4.C2H6O.ClHO4.Cr.Fe.4H2O/c2*1-2-8(10-4-6-12-15-10)14-9(3-1)11-5-7-13-16-11;1-3-7-11-9(5-1)10-6-2-4-8-12-10;2*3-1(4)2(5)6;1-2-3;2-1(3,4)5;;;;;;/h2*1-7H,(H,12,15)(H,13,16);1-8H;2*(H,3,4)(H,5,6);3H,2H2,1H3;(H,2,3,4,5);;;4*1H2/q;;;;;;;+2;+3;;;;/p-5. The van der Waals surface area contributed by atoms with Gasteiger partial charge in [-0.1, -0.05) is 24.3 Å². The molecule has 0 aliphatic rings. The summed E-state index contributed by atoms with van der Waals surface area (Å²) < 4.78 is 34.0. The van der Waals surface area contributed by atoms with Crippen molar-refractivity contribution in [3.05, 3.63) is 134 Å². The topological polar surface area (TPSA) is 565 Å². The Kier molecular flexibility index (Phi) is 40.0. The van der Waals surface area contributed by atoms with Crippen LogP contribution in [0, 0.1) is 10.2 Å². The zero-order valence-electron chi connectivity index (χ0n) is 35.5. The van der Waals surface area contributed by atoms with E-state index in [0.29, 0.717) is 0 Å². The van der Waals surface area contributed by atoms with Gasteiger partial charge in [-0.25, -0.2) is 28.6 Å². The van der Waals surface area contributed by atoms with Gasteiger partial charge in [-0.05, 0) is 79.7 Å². The van der Waals surface area contributed by atoms with E-state index in [9.17, 15) is 0 Å². The van der Waals surface area contributed by atoms with Crippen LogP contribution in [-0.2, 0) is 53.6 Å². The van der Waals surface area contributed by atoms with Gasteiger partial charge in [0.15, 0.2) is 0 Å². The van der Waals surface area contributed by atoms with Gasteiger partial charge in [0, 0.05) is 43.8 Å². The van der Waals surface area contributed by atoms with E-state index in [1.807, 2.05) is 97.1 Å². The molecule has 0 unspecified atom stereocenters. The second-order valence-electron chi connectivity index (χ2n) is 10.9. The van der Waals surface area contributed by atoms with Crippen LogP contribution in [0.4, 0.5) is 0 Å². The number of halogens is 1. The zero-order valence-corrected chi connectivity index (χ0v) is 38.6. The summed E-state index contributed by atoms with van der Waals surface area (Å²) in [4.78, 5) is 53.1. The number of rotatable bonds is 5. The molecule has 0 saturated carbocycles. The molecule has 8 aromatic heterocycles. The third kappa shape index (κ3) is 29.8. The summed E-state index contributed by atoms with van der Waals surface area (Å²) in [5.41, 5.74) is 8.49. The van der Waals surface area contributed by atoms with Gasteiger partial charge < -0.3 is 66.6 Å². The maximum atomic E-state index is 8.93. The van der Waals surface area contributed by atoms with Crippen LogP contribution in [0.15, 0.2) is 134 Å². The van der Waals surface area contributed by atoms with E-state index >= 15 is 0 Å². The SMILES string of the molecule is CCO.O.O.O.O.O=C([O-])C(=O)[O-].O=C([O-])C(=O)[O-].[Cr+2].[Fe+3].[O-][Cl+3]([O-])([O-])[O-].c1cc(-c2cc[nH]n2)nc(-c2cc[nH]n2)c1.c1cc(-c2cc[nH]n2)nc(-c2cc[nH]n2)c1.c1ccc(-c2ccccn2)nc1. The Morgan fingerprint density at radius 2 is 0.657 bits per heavy atom. The van der Waals surface area contributed by atoms with Gasteiger partial charge in [0.25, 0.3) is 0 Å². The number of hydrogen-bond acceptors (Lipinski definition) is 21. The van der Waals surface area contributed by atoms with E-state index in [1.54, 1.807) is 44.1 Å². The number of carbonyl (C=O) groups excluding carboxylic acids is 4. The molecule has 0 fully saturated rings. The van der Waals surface area contributed by atoms with Crippen LogP contribution in [0.1, 0.15) is 6.92 Å². The third-order valence-corrected chi connectivity index (χ3v) is 6.48. The number of aromatic amines is 4. The smallest absolute Gasteiger partial charge is 0.543 e. The maximum absolute atomic E-state index is 8.93. The Morgan fingerprint density at radius 3 is 0.814 bits per heavy atom. The number of nitrogens with one attached hydrogen (secondary N) is 4. The van der Waals surface area contributed by atoms with Crippen LogP contribution < -0.4 is 39.1 Å². The van der Waals surface area contributed by atoms with E-state index < -0.39 is 34.1 Å². The molecule has 0 amide bonds. The molecule has 8 rings (SSSR count). The van der Waals surface area contributed by atoms with Gasteiger partial charge in [0.1, 0.15) is 22.8 Å². The fourth-order valence-corrected chi connectivity index (χ4v) is 4.08.